The van der Waals surface area contributed by atoms with Crippen molar-refractivity contribution >= 4 is 28.7 Å². The van der Waals surface area contributed by atoms with Crippen molar-refractivity contribution in [2.75, 3.05) is 12.9 Å². The number of hydrogen-bond acceptors (Lipinski definition) is 6. The first kappa shape index (κ1) is 17.6. The number of nitrogens with one attached hydrogen (secondary N) is 1. The van der Waals surface area contributed by atoms with Crippen molar-refractivity contribution in [1.29, 1.82) is 0 Å². The molecule has 0 bridgehead atoms. The van der Waals surface area contributed by atoms with Gasteiger partial charge in [-0.3, -0.25) is 20.4 Å². The van der Waals surface area contributed by atoms with Crippen molar-refractivity contribution in [2.45, 2.75) is 24.5 Å². The third-order valence-electron chi connectivity index (χ3n) is 4.66. The predicted octanol–water partition coefficient (Wildman–Crippen LogP) is 2.72. The summed E-state index contributed by atoms with van der Waals surface area (Å²) in [4.78, 5) is 25.9. The second-order valence-electron chi connectivity index (χ2n) is 6.00. The molecule has 1 fully saturated rings. The van der Waals surface area contributed by atoms with Crippen LogP contribution in [0.5, 0.6) is 0 Å². The van der Waals surface area contributed by atoms with Crippen LogP contribution in [-0.4, -0.2) is 40.3 Å². The molecule has 1 saturated carbocycles. The van der Waals surface area contributed by atoms with Gasteiger partial charge < -0.3 is 9.84 Å². The molecule has 2 aliphatic rings. The van der Waals surface area contributed by atoms with Gasteiger partial charge >= 0.3 is 6.09 Å². The van der Waals surface area contributed by atoms with Crippen molar-refractivity contribution in [2.24, 2.45) is 10.9 Å². The Morgan fingerprint density at radius 2 is 2.36 bits per heavy atom. The number of carbonyl (C=O) groups is 1. The van der Waals surface area contributed by atoms with E-state index in [-0.39, 0.29) is 28.4 Å². The molecule has 1 aromatic carbocycles. The molecule has 134 valence electrons. The molecular formula is C15H16FN3O5S. The van der Waals surface area contributed by atoms with E-state index in [9.17, 15) is 19.3 Å². The van der Waals surface area contributed by atoms with Gasteiger partial charge in [-0.1, -0.05) is 11.8 Å². The van der Waals surface area contributed by atoms with Crippen LogP contribution in [0, 0.1) is 21.8 Å². The summed E-state index contributed by atoms with van der Waals surface area (Å²) < 4.78 is 20.0. The lowest BCUT2D eigenvalue weighted by molar-refractivity contribution is -0.385. The summed E-state index contributed by atoms with van der Waals surface area (Å²) >= 11 is 1.24. The molecule has 10 heteroatoms. The number of nitro benzene ring substituents is 1. The molecular weight excluding hydrogens is 353 g/mol. The molecule has 1 aliphatic heterocycles. The minimum absolute atomic E-state index is 0.108. The molecule has 0 aromatic heterocycles. The quantitative estimate of drug-likeness (QED) is 0.625. The molecule has 2 N–H and O–H groups in total. The van der Waals surface area contributed by atoms with Crippen molar-refractivity contribution in [1.82, 2.24) is 5.32 Å². The molecule has 0 saturated heterocycles. The number of carboxylic acid groups (broad SMARTS) is 1. The SMILES string of the molecule is COC1CC2CSC(NC(=O)O)=NC2(c2cc([N+](=O)[O-])ccc2F)C1. The lowest BCUT2D eigenvalue weighted by Crippen LogP contribution is -2.40. The summed E-state index contributed by atoms with van der Waals surface area (Å²) in [5, 5.41) is 22.4. The van der Waals surface area contributed by atoms with Gasteiger partial charge in [0.05, 0.1) is 16.6 Å². The molecule has 1 aliphatic carbocycles. The van der Waals surface area contributed by atoms with Gasteiger partial charge in [-0.2, -0.15) is 0 Å². The minimum Gasteiger partial charge on any atom is -0.465 e. The Balaban J connectivity index is 2.14. The van der Waals surface area contributed by atoms with Gasteiger partial charge in [0.2, 0.25) is 0 Å². The fourth-order valence-corrected chi connectivity index (χ4v) is 4.69. The van der Waals surface area contributed by atoms with Gasteiger partial charge in [0.25, 0.3) is 5.69 Å². The number of methoxy groups -OCH3 is 1. The summed E-state index contributed by atoms with van der Waals surface area (Å²) in [6, 6.07) is 3.35. The number of nitrogens with zero attached hydrogens (tertiary/aromatic N) is 2. The summed E-state index contributed by atoms with van der Waals surface area (Å²) in [6.45, 7) is 0. The van der Waals surface area contributed by atoms with Gasteiger partial charge in [-0.05, 0) is 12.5 Å². The zero-order chi connectivity index (χ0) is 18.2. The van der Waals surface area contributed by atoms with E-state index >= 15 is 0 Å². The van der Waals surface area contributed by atoms with Crippen molar-refractivity contribution in [3.05, 3.63) is 39.7 Å². The van der Waals surface area contributed by atoms with E-state index in [0.717, 1.165) is 12.1 Å². The average molecular weight is 369 g/mol. The van der Waals surface area contributed by atoms with E-state index in [1.54, 1.807) is 7.11 Å². The molecule has 3 unspecified atom stereocenters. The Bertz CT molecular complexity index is 759. The van der Waals surface area contributed by atoms with Gasteiger partial charge in [-0.15, -0.1) is 0 Å². The summed E-state index contributed by atoms with van der Waals surface area (Å²) in [7, 11) is 1.55. The third-order valence-corrected chi connectivity index (χ3v) is 5.69. The number of halogens is 1. The smallest absolute Gasteiger partial charge is 0.410 e. The molecule has 1 amide bonds. The number of nitro groups is 1. The molecule has 3 atom stereocenters. The van der Waals surface area contributed by atoms with Crippen LogP contribution in [-0.2, 0) is 10.3 Å². The zero-order valence-corrected chi connectivity index (χ0v) is 14.1. The van der Waals surface area contributed by atoms with Gasteiger partial charge in [0.1, 0.15) is 5.82 Å². The highest BCUT2D eigenvalue weighted by molar-refractivity contribution is 8.13. The summed E-state index contributed by atoms with van der Waals surface area (Å²) in [5.74, 6) is -0.197. The van der Waals surface area contributed by atoms with E-state index in [1.807, 2.05) is 0 Å². The molecule has 25 heavy (non-hydrogen) atoms. The van der Waals surface area contributed by atoms with Crippen molar-refractivity contribution in [3.8, 4) is 0 Å². The highest BCUT2D eigenvalue weighted by Gasteiger charge is 2.52. The van der Waals surface area contributed by atoms with E-state index in [0.29, 0.717) is 18.6 Å². The fourth-order valence-electron chi connectivity index (χ4n) is 3.53. The standard InChI is InChI=1S/C15H16FN3O5S/c1-24-10-4-8-7-25-13(17-14(20)21)18-15(8,6-10)11-5-9(19(22)23)2-3-12(11)16/h2-3,5,8,10H,4,6-7H2,1H3,(H,17,18)(H,20,21). The molecule has 0 radical (unpaired) electrons. The Labute approximate surface area is 146 Å². The van der Waals surface area contributed by atoms with E-state index in [2.05, 4.69) is 10.3 Å². The fraction of sp³-hybridized carbons (Fsp3) is 0.467. The summed E-state index contributed by atoms with van der Waals surface area (Å²) in [5.41, 5.74) is -1.21. The third kappa shape index (κ3) is 3.19. The van der Waals surface area contributed by atoms with Gasteiger partial charge in [0, 0.05) is 42.9 Å². The largest absolute Gasteiger partial charge is 0.465 e. The maximum absolute atomic E-state index is 14.6. The van der Waals surface area contributed by atoms with Crippen LogP contribution in [0.15, 0.2) is 23.2 Å². The normalized spacial score (nSPS) is 28.2. The van der Waals surface area contributed by atoms with Gasteiger partial charge in [0.15, 0.2) is 5.17 Å². The maximum atomic E-state index is 14.6. The van der Waals surface area contributed by atoms with Crippen LogP contribution in [0.25, 0.3) is 0 Å². The molecule has 3 rings (SSSR count). The van der Waals surface area contributed by atoms with Crippen LogP contribution in [0.4, 0.5) is 14.9 Å². The van der Waals surface area contributed by atoms with Gasteiger partial charge in [-0.25, -0.2) is 9.18 Å². The average Bonchev–Trinajstić information content (AvgIpc) is 2.93. The Morgan fingerprint density at radius 1 is 1.60 bits per heavy atom. The van der Waals surface area contributed by atoms with Crippen LogP contribution >= 0.6 is 11.8 Å². The second-order valence-corrected chi connectivity index (χ2v) is 7.01. The Kier molecular flexibility index (Phi) is 4.65. The first-order chi connectivity index (χ1) is 11.9. The Morgan fingerprint density at radius 3 is 3.00 bits per heavy atom. The topological polar surface area (TPSA) is 114 Å². The zero-order valence-electron chi connectivity index (χ0n) is 13.3. The van der Waals surface area contributed by atoms with E-state index in [1.165, 1.54) is 17.8 Å². The molecule has 8 nitrogen and oxygen atoms in total. The molecule has 0 spiro atoms. The van der Waals surface area contributed by atoms with Crippen LogP contribution in [0.2, 0.25) is 0 Å². The number of non-ortho nitro benzene ring substituents is 1. The summed E-state index contributed by atoms with van der Waals surface area (Å²) in [6.07, 6.45) is -0.495. The van der Waals surface area contributed by atoms with Crippen molar-refractivity contribution in [3.63, 3.8) is 0 Å². The number of aliphatic imine (C=N–C) groups is 1. The predicted molar refractivity (Wildman–Crippen MR) is 89.3 cm³/mol. The lowest BCUT2D eigenvalue weighted by atomic mass is 9.81. The van der Waals surface area contributed by atoms with Crippen LogP contribution in [0.1, 0.15) is 18.4 Å². The second kappa shape index (κ2) is 6.60. The molecule has 1 aromatic rings. The van der Waals surface area contributed by atoms with E-state index < -0.39 is 22.4 Å². The highest BCUT2D eigenvalue weighted by atomic mass is 32.2. The number of rotatable bonds is 3. The molecule has 1 heterocycles. The number of hydrogen-bond donors (Lipinski definition) is 2. The number of ether oxygens (including phenoxy) is 1. The number of fused-ring (bicyclic) bond motifs is 1. The Hall–Kier alpha value is -2.20. The first-order valence-electron chi connectivity index (χ1n) is 7.55. The number of thioether (sulfide) groups is 1. The number of amidine groups is 1. The lowest BCUT2D eigenvalue weighted by Gasteiger charge is -2.36. The first-order valence-corrected chi connectivity index (χ1v) is 8.54. The van der Waals surface area contributed by atoms with Crippen molar-refractivity contribution < 1.29 is 24.0 Å². The minimum atomic E-state index is -1.26. The highest BCUT2D eigenvalue weighted by Crippen LogP contribution is 2.52. The van der Waals surface area contributed by atoms with Crippen LogP contribution in [0.3, 0.4) is 0 Å². The number of benzene rings is 1. The van der Waals surface area contributed by atoms with Crippen LogP contribution < -0.4 is 5.32 Å². The number of amides is 1. The maximum Gasteiger partial charge on any atom is 0.410 e. The van der Waals surface area contributed by atoms with E-state index in [4.69, 9.17) is 9.84 Å². The monoisotopic (exact) mass is 369 g/mol.